The Labute approximate surface area is 113 Å². The van der Waals surface area contributed by atoms with Gasteiger partial charge in [0, 0.05) is 18.2 Å². The summed E-state index contributed by atoms with van der Waals surface area (Å²) < 4.78 is 0. The van der Waals surface area contributed by atoms with Crippen LogP contribution in [0.1, 0.15) is 43.0 Å². The molecule has 2 saturated carbocycles. The van der Waals surface area contributed by atoms with E-state index >= 15 is 0 Å². The SMILES string of the molecule is CC(=O)c1ccc(N(CC2CC2)C2CC2)c(Cl)c1. The predicted octanol–water partition coefficient (Wildman–Crippen LogP) is 3.92. The van der Waals surface area contributed by atoms with E-state index in [1.807, 2.05) is 18.2 Å². The number of benzene rings is 1. The number of nitrogens with zero attached hydrogens (tertiary/aromatic N) is 1. The van der Waals surface area contributed by atoms with E-state index in [1.165, 1.54) is 25.7 Å². The van der Waals surface area contributed by atoms with Gasteiger partial charge in [-0.1, -0.05) is 11.6 Å². The minimum atomic E-state index is 0.0728. The second-order valence-electron chi connectivity index (χ2n) is 5.55. The first kappa shape index (κ1) is 12.0. The average Bonchev–Trinajstić information content (AvgIpc) is 3.19. The minimum absolute atomic E-state index is 0.0728. The van der Waals surface area contributed by atoms with E-state index in [0.717, 1.165) is 23.2 Å². The molecule has 0 amide bonds. The van der Waals surface area contributed by atoms with Crippen molar-refractivity contribution in [2.45, 2.75) is 38.6 Å². The molecular formula is C15H18ClNO. The van der Waals surface area contributed by atoms with Crippen molar-refractivity contribution < 1.29 is 4.79 Å². The topological polar surface area (TPSA) is 20.3 Å². The molecule has 0 radical (unpaired) electrons. The molecule has 0 bridgehead atoms. The Hall–Kier alpha value is -1.02. The van der Waals surface area contributed by atoms with Crippen LogP contribution in [0.3, 0.4) is 0 Å². The number of Topliss-reactive ketones (excluding diaryl/α,β-unsaturated/α-hetero) is 1. The van der Waals surface area contributed by atoms with Crippen molar-refractivity contribution in [3.63, 3.8) is 0 Å². The quantitative estimate of drug-likeness (QED) is 0.751. The normalized spacial score (nSPS) is 18.8. The van der Waals surface area contributed by atoms with Gasteiger partial charge in [-0.2, -0.15) is 0 Å². The van der Waals surface area contributed by atoms with Crippen molar-refractivity contribution in [3.05, 3.63) is 28.8 Å². The molecular weight excluding hydrogens is 246 g/mol. The zero-order chi connectivity index (χ0) is 12.7. The van der Waals surface area contributed by atoms with E-state index in [0.29, 0.717) is 11.6 Å². The first-order valence-electron chi connectivity index (χ1n) is 6.72. The summed E-state index contributed by atoms with van der Waals surface area (Å²) in [5.74, 6) is 0.928. The molecule has 96 valence electrons. The molecule has 1 aromatic rings. The summed E-state index contributed by atoms with van der Waals surface area (Å²) >= 11 is 6.35. The Morgan fingerprint density at radius 1 is 1.33 bits per heavy atom. The van der Waals surface area contributed by atoms with Crippen LogP contribution in [0.2, 0.25) is 5.02 Å². The molecule has 0 unspecified atom stereocenters. The summed E-state index contributed by atoms with van der Waals surface area (Å²) in [5, 5.41) is 0.718. The number of carbonyl (C=O) groups excluding carboxylic acids is 1. The molecule has 0 aliphatic heterocycles. The number of ketones is 1. The van der Waals surface area contributed by atoms with Gasteiger partial charge in [0.05, 0.1) is 10.7 Å². The molecule has 0 N–H and O–H groups in total. The van der Waals surface area contributed by atoms with Crippen LogP contribution >= 0.6 is 11.6 Å². The van der Waals surface area contributed by atoms with Crippen LogP contribution < -0.4 is 4.90 Å². The first-order valence-corrected chi connectivity index (χ1v) is 7.10. The van der Waals surface area contributed by atoms with Crippen molar-refractivity contribution in [2.75, 3.05) is 11.4 Å². The summed E-state index contributed by atoms with van der Waals surface area (Å²) in [6.07, 6.45) is 5.26. The number of rotatable bonds is 5. The van der Waals surface area contributed by atoms with Gasteiger partial charge in [-0.3, -0.25) is 4.79 Å². The number of hydrogen-bond acceptors (Lipinski definition) is 2. The highest BCUT2D eigenvalue weighted by Crippen LogP contribution is 2.40. The fourth-order valence-electron chi connectivity index (χ4n) is 2.37. The van der Waals surface area contributed by atoms with E-state index in [9.17, 15) is 4.79 Å². The molecule has 0 atom stereocenters. The number of anilines is 1. The zero-order valence-corrected chi connectivity index (χ0v) is 11.4. The maximum absolute atomic E-state index is 11.3. The summed E-state index contributed by atoms with van der Waals surface area (Å²) in [4.78, 5) is 13.8. The highest BCUT2D eigenvalue weighted by atomic mass is 35.5. The lowest BCUT2D eigenvalue weighted by atomic mass is 10.1. The Bertz CT molecular complexity index is 477. The third kappa shape index (κ3) is 2.54. The first-order chi connectivity index (χ1) is 8.65. The van der Waals surface area contributed by atoms with Crippen LogP contribution in [0, 0.1) is 5.92 Å². The lowest BCUT2D eigenvalue weighted by Crippen LogP contribution is -2.28. The van der Waals surface area contributed by atoms with Gasteiger partial charge in [-0.05, 0) is 56.7 Å². The van der Waals surface area contributed by atoms with Crippen LogP contribution in [-0.4, -0.2) is 18.4 Å². The molecule has 2 nitrogen and oxygen atoms in total. The maximum Gasteiger partial charge on any atom is 0.159 e. The summed E-state index contributed by atoms with van der Waals surface area (Å²) in [6.45, 7) is 2.71. The highest BCUT2D eigenvalue weighted by Gasteiger charge is 2.34. The van der Waals surface area contributed by atoms with Gasteiger partial charge in [0.15, 0.2) is 5.78 Å². The van der Waals surface area contributed by atoms with Crippen LogP contribution in [0.4, 0.5) is 5.69 Å². The monoisotopic (exact) mass is 263 g/mol. The van der Waals surface area contributed by atoms with Gasteiger partial charge in [0.2, 0.25) is 0 Å². The van der Waals surface area contributed by atoms with Gasteiger partial charge in [-0.15, -0.1) is 0 Å². The molecule has 2 aliphatic carbocycles. The summed E-state index contributed by atoms with van der Waals surface area (Å²) in [6, 6.07) is 6.39. The molecule has 1 aromatic carbocycles. The fraction of sp³-hybridized carbons (Fsp3) is 0.533. The Balaban J connectivity index is 1.86. The Morgan fingerprint density at radius 3 is 2.56 bits per heavy atom. The molecule has 3 heteroatoms. The number of carbonyl (C=O) groups is 1. The molecule has 0 heterocycles. The van der Waals surface area contributed by atoms with Gasteiger partial charge in [-0.25, -0.2) is 0 Å². The maximum atomic E-state index is 11.3. The van der Waals surface area contributed by atoms with Crippen molar-refractivity contribution in [2.24, 2.45) is 5.92 Å². The standard InChI is InChI=1S/C15H18ClNO/c1-10(18)12-4-7-15(14(16)8-12)17(13-5-6-13)9-11-2-3-11/h4,7-8,11,13H,2-3,5-6,9H2,1H3. The zero-order valence-electron chi connectivity index (χ0n) is 10.7. The van der Waals surface area contributed by atoms with Gasteiger partial charge < -0.3 is 4.90 Å². The van der Waals surface area contributed by atoms with Crippen LogP contribution in [0.5, 0.6) is 0 Å². The minimum Gasteiger partial charge on any atom is -0.367 e. The third-order valence-electron chi connectivity index (χ3n) is 3.80. The second-order valence-corrected chi connectivity index (χ2v) is 5.96. The van der Waals surface area contributed by atoms with E-state index in [-0.39, 0.29) is 5.78 Å². The molecule has 2 fully saturated rings. The largest absolute Gasteiger partial charge is 0.367 e. The van der Waals surface area contributed by atoms with Crippen molar-refractivity contribution in [3.8, 4) is 0 Å². The van der Waals surface area contributed by atoms with Crippen LogP contribution in [0.15, 0.2) is 18.2 Å². The van der Waals surface area contributed by atoms with E-state index in [1.54, 1.807) is 6.92 Å². The number of hydrogen-bond donors (Lipinski definition) is 0. The Kier molecular flexibility index (Phi) is 3.06. The summed E-state index contributed by atoms with van der Waals surface area (Å²) in [7, 11) is 0. The van der Waals surface area contributed by atoms with Gasteiger partial charge >= 0.3 is 0 Å². The number of halogens is 1. The fourth-order valence-corrected chi connectivity index (χ4v) is 2.66. The molecule has 0 spiro atoms. The molecule has 3 rings (SSSR count). The lowest BCUT2D eigenvalue weighted by Gasteiger charge is -2.26. The van der Waals surface area contributed by atoms with Gasteiger partial charge in [0.1, 0.15) is 0 Å². The van der Waals surface area contributed by atoms with Gasteiger partial charge in [0.25, 0.3) is 0 Å². The molecule has 18 heavy (non-hydrogen) atoms. The predicted molar refractivity (Wildman–Crippen MR) is 74.5 cm³/mol. The molecule has 0 saturated heterocycles. The van der Waals surface area contributed by atoms with Crippen molar-refractivity contribution >= 4 is 23.1 Å². The van der Waals surface area contributed by atoms with Crippen LogP contribution in [0.25, 0.3) is 0 Å². The summed E-state index contributed by atoms with van der Waals surface area (Å²) in [5.41, 5.74) is 1.81. The van der Waals surface area contributed by atoms with E-state index in [4.69, 9.17) is 11.6 Å². The molecule has 0 aromatic heterocycles. The highest BCUT2D eigenvalue weighted by molar-refractivity contribution is 6.33. The third-order valence-corrected chi connectivity index (χ3v) is 4.11. The second kappa shape index (κ2) is 4.58. The molecule has 2 aliphatic rings. The van der Waals surface area contributed by atoms with Crippen molar-refractivity contribution in [1.29, 1.82) is 0 Å². The lowest BCUT2D eigenvalue weighted by molar-refractivity contribution is 0.101. The smallest absolute Gasteiger partial charge is 0.159 e. The van der Waals surface area contributed by atoms with E-state index in [2.05, 4.69) is 4.90 Å². The van der Waals surface area contributed by atoms with Crippen molar-refractivity contribution in [1.82, 2.24) is 0 Å². The average molecular weight is 264 g/mol. The van der Waals surface area contributed by atoms with E-state index < -0.39 is 0 Å². The Morgan fingerprint density at radius 2 is 2.06 bits per heavy atom. The van der Waals surface area contributed by atoms with Crippen LogP contribution in [-0.2, 0) is 0 Å².